The molecule has 0 amide bonds. The van der Waals surface area contributed by atoms with Crippen molar-refractivity contribution in [2.24, 2.45) is 5.92 Å². The molecule has 0 spiro atoms. The van der Waals surface area contributed by atoms with Crippen LogP contribution in [0.1, 0.15) is 32.4 Å². The van der Waals surface area contributed by atoms with Gasteiger partial charge in [0.05, 0.1) is 12.2 Å². The third-order valence-electron chi connectivity index (χ3n) is 2.92. The van der Waals surface area contributed by atoms with E-state index in [0.717, 1.165) is 5.56 Å². The van der Waals surface area contributed by atoms with Crippen molar-refractivity contribution in [3.8, 4) is 0 Å². The maximum absolute atomic E-state index is 10.4. The van der Waals surface area contributed by atoms with Crippen LogP contribution in [0, 0.1) is 5.92 Å². The molecule has 0 saturated heterocycles. The zero-order valence-corrected chi connectivity index (χ0v) is 11.9. The predicted octanol–water partition coefficient (Wildman–Crippen LogP) is 2.37. The van der Waals surface area contributed by atoms with Crippen molar-refractivity contribution in [2.75, 3.05) is 6.54 Å². The van der Waals surface area contributed by atoms with Crippen molar-refractivity contribution in [2.45, 2.75) is 39.0 Å². The summed E-state index contributed by atoms with van der Waals surface area (Å²) in [5.41, 5.74) is 0.830. The highest BCUT2D eigenvalue weighted by Crippen LogP contribution is 2.23. The highest BCUT2D eigenvalue weighted by atomic mass is 35.5. The van der Waals surface area contributed by atoms with E-state index in [1.54, 1.807) is 19.1 Å². The molecule has 0 saturated carbocycles. The summed E-state index contributed by atoms with van der Waals surface area (Å²) in [7, 11) is 0. The second kappa shape index (κ2) is 7.10. The van der Waals surface area contributed by atoms with Gasteiger partial charge in [-0.1, -0.05) is 37.6 Å². The van der Waals surface area contributed by atoms with E-state index in [4.69, 9.17) is 11.6 Å². The van der Waals surface area contributed by atoms with Crippen LogP contribution in [0.3, 0.4) is 0 Å². The molecule has 0 heterocycles. The van der Waals surface area contributed by atoms with Gasteiger partial charge in [0, 0.05) is 17.6 Å². The fourth-order valence-electron chi connectivity index (χ4n) is 1.89. The molecule has 0 aromatic heterocycles. The Morgan fingerprint density at radius 1 is 1.11 bits per heavy atom. The molecule has 0 bridgehead atoms. The molecule has 102 valence electrons. The first kappa shape index (κ1) is 15.4. The Hall–Kier alpha value is -0.610. The molecule has 0 radical (unpaired) electrons. The normalized spacial score (nSPS) is 16.6. The molecule has 18 heavy (non-hydrogen) atoms. The molecule has 3 N–H and O–H groups in total. The monoisotopic (exact) mass is 271 g/mol. The molecule has 0 aliphatic rings. The topological polar surface area (TPSA) is 52.5 Å². The highest BCUT2D eigenvalue weighted by Gasteiger charge is 2.23. The zero-order chi connectivity index (χ0) is 13.7. The van der Waals surface area contributed by atoms with Crippen LogP contribution in [0.5, 0.6) is 0 Å². The van der Waals surface area contributed by atoms with Crippen molar-refractivity contribution >= 4 is 11.6 Å². The number of hydrogen-bond acceptors (Lipinski definition) is 3. The smallest absolute Gasteiger partial charge is 0.0945 e. The first-order valence-electron chi connectivity index (χ1n) is 6.26. The van der Waals surface area contributed by atoms with E-state index in [0.29, 0.717) is 11.6 Å². The van der Waals surface area contributed by atoms with E-state index >= 15 is 0 Å². The molecule has 0 aliphatic carbocycles. The zero-order valence-electron chi connectivity index (χ0n) is 11.1. The Labute approximate surface area is 114 Å². The second-order valence-corrected chi connectivity index (χ2v) is 5.46. The molecule has 3 atom stereocenters. The van der Waals surface area contributed by atoms with E-state index < -0.39 is 12.2 Å². The fraction of sp³-hybridized carbons (Fsp3) is 0.571. The van der Waals surface area contributed by atoms with Gasteiger partial charge in [0.25, 0.3) is 0 Å². The lowest BCUT2D eigenvalue weighted by Crippen LogP contribution is -2.42. The maximum Gasteiger partial charge on any atom is 0.0945 e. The number of aliphatic hydroxyl groups excluding tert-OH is 2. The van der Waals surface area contributed by atoms with Gasteiger partial charge in [-0.2, -0.15) is 0 Å². The average Bonchev–Trinajstić information content (AvgIpc) is 2.29. The van der Waals surface area contributed by atoms with Gasteiger partial charge >= 0.3 is 0 Å². The van der Waals surface area contributed by atoms with Gasteiger partial charge in [0.1, 0.15) is 0 Å². The van der Waals surface area contributed by atoms with Crippen LogP contribution in [-0.4, -0.2) is 28.9 Å². The Bertz CT molecular complexity index is 351. The number of aliphatic hydroxyl groups is 2. The Morgan fingerprint density at radius 3 is 2.11 bits per heavy atom. The highest BCUT2D eigenvalue weighted by molar-refractivity contribution is 6.30. The van der Waals surface area contributed by atoms with Gasteiger partial charge in [-0.15, -0.1) is 0 Å². The summed E-state index contributed by atoms with van der Waals surface area (Å²) in [5, 5.41) is 23.5. The molecule has 0 aliphatic heterocycles. The van der Waals surface area contributed by atoms with Crippen molar-refractivity contribution in [1.82, 2.24) is 5.32 Å². The summed E-state index contributed by atoms with van der Waals surface area (Å²) < 4.78 is 0. The summed E-state index contributed by atoms with van der Waals surface area (Å²) in [6, 6.07) is 7.10. The lowest BCUT2D eigenvalue weighted by atomic mass is 9.93. The summed E-state index contributed by atoms with van der Waals surface area (Å²) in [6.45, 7) is 6.27. The largest absolute Gasteiger partial charge is 0.392 e. The standard InChI is InChI=1S/C14H22ClNO2/c1-9(2)13(16-8-10(3)17)14(18)11-4-6-12(15)7-5-11/h4-7,9-10,13-14,16-18H,8H2,1-3H3. The van der Waals surface area contributed by atoms with Crippen molar-refractivity contribution in [3.05, 3.63) is 34.9 Å². The molecular formula is C14H22ClNO2. The Balaban J connectivity index is 2.75. The number of rotatable bonds is 6. The lowest BCUT2D eigenvalue weighted by molar-refractivity contribution is 0.0931. The van der Waals surface area contributed by atoms with Gasteiger partial charge in [0.2, 0.25) is 0 Å². The van der Waals surface area contributed by atoms with Crippen molar-refractivity contribution in [1.29, 1.82) is 0 Å². The average molecular weight is 272 g/mol. The van der Waals surface area contributed by atoms with Crippen LogP contribution in [0.25, 0.3) is 0 Å². The maximum atomic E-state index is 10.4. The lowest BCUT2D eigenvalue weighted by Gasteiger charge is -2.28. The molecule has 3 unspecified atom stereocenters. The van der Waals surface area contributed by atoms with Crippen molar-refractivity contribution < 1.29 is 10.2 Å². The van der Waals surface area contributed by atoms with E-state index in [9.17, 15) is 10.2 Å². The first-order chi connectivity index (χ1) is 8.41. The van der Waals surface area contributed by atoms with E-state index in [-0.39, 0.29) is 12.0 Å². The minimum Gasteiger partial charge on any atom is -0.392 e. The van der Waals surface area contributed by atoms with Gasteiger partial charge in [0.15, 0.2) is 0 Å². The van der Waals surface area contributed by atoms with E-state index in [1.807, 2.05) is 26.0 Å². The Morgan fingerprint density at radius 2 is 1.67 bits per heavy atom. The van der Waals surface area contributed by atoms with Crippen LogP contribution in [-0.2, 0) is 0 Å². The minimum absolute atomic E-state index is 0.0965. The number of benzene rings is 1. The van der Waals surface area contributed by atoms with E-state index in [2.05, 4.69) is 5.32 Å². The SMILES string of the molecule is CC(O)CNC(C(C)C)C(O)c1ccc(Cl)cc1. The van der Waals surface area contributed by atoms with Crippen LogP contribution in [0.2, 0.25) is 5.02 Å². The fourth-order valence-corrected chi connectivity index (χ4v) is 2.01. The van der Waals surface area contributed by atoms with Crippen LogP contribution in [0.15, 0.2) is 24.3 Å². The third kappa shape index (κ3) is 4.58. The minimum atomic E-state index is -0.610. The summed E-state index contributed by atoms with van der Waals surface area (Å²) in [5.74, 6) is 0.259. The quantitative estimate of drug-likeness (QED) is 0.745. The van der Waals surface area contributed by atoms with Gasteiger partial charge in [-0.3, -0.25) is 0 Å². The van der Waals surface area contributed by atoms with Gasteiger partial charge in [-0.25, -0.2) is 0 Å². The second-order valence-electron chi connectivity index (χ2n) is 5.02. The summed E-state index contributed by atoms with van der Waals surface area (Å²) in [6.07, 6.45) is -1.04. The number of nitrogens with one attached hydrogen (secondary N) is 1. The summed E-state index contributed by atoms with van der Waals surface area (Å²) in [4.78, 5) is 0. The molecule has 4 heteroatoms. The van der Waals surface area contributed by atoms with Crippen LogP contribution < -0.4 is 5.32 Å². The number of halogens is 1. The molecule has 1 rings (SSSR count). The molecular weight excluding hydrogens is 250 g/mol. The molecule has 1 aromatic carbocycles. The summed E-state index contributed by atoms with van der Waals surface area (Å²) >= 11 is 5.83. The Kier molecular flexibility index (Phi) is 6.09. The number of hydrogen-bond donors (Lipinski definition) is 3. The van der Waals surface area contributed by atoms with Crippen LogP contribution in [0.4, 0.5) is 0 Å². The third-order valence-corrected chi connectivity index (χ3v) is 3.17. The predicted molar refractivity (Wildman–Crippen MR) is 74.7 cm³/mol. The van der Waals surface area contributed by atoms with Gasteiger partial charge in [-0.05, 0) is 30.5 Å². The van der Waals surface area contributed by atoms with Crippen LogP contribution >= 0.6 is 11.6 Å². The molecule has 0 fully saturated rings. The van der Waals surface area contributed by atoms with Crippen molar-refractivity contribution in [3.63, 3.8) is 0 Å². The van der Waals surface area contributed by atoms with Gasteiger partial charge < -0.3 is 15.5 Å². The molecule has 1 aromatic rings. The van der Waals surface area contributed by atoms with E-state index in [1.165, 1.54) is 0 Å². The first-order valence-corrected chi connectivity index (χ1v) is 6.64. The molecule has 3 nitrogen and oxygen atoms in total.